The maximum atomic E-state index is 13.5. The number of aliphatic carboxylic acids is 1. The van der Waals surface area contributed by atoms with Crippen LogP contribution in [-0.4, -0.2) is 53.4 Å². The predicted molar refractivity (Wildman–Crippen MR) is 130 cm³/mol. The molecule has 10 heteroatoms. The highest BCUT2D eigenvalue weighted by Crippen LogP contribution is 2.37. The molecule has 0 fully saturated rings. The third-order valence-corrected chi connectivity index (χ3v) is 6.81. The summed E-state index contributed by atoms with van der Waals surface area (Å²) in [6.07, 6.45) is 0.263. The molecular formula is C25H28N2O7S. The van der Waals surface area contributed by atoms with Crippen molar-refractivity contribution in [2.75, 3.05) is 23.8 Å². The third kappa shape index (κ3) is 6.40. The number of fused-ring (bicyclic) bond motifs is 1. The van der Waals surface area contributed by atoms with E-state index in [9.17, 15) is 24.3 Å². The van der Waals surface area contributed by atoms with Crippen LogP contribution in [0.4, 0.5) is 5.69 Å². The van der Waals surface area contributed by atoms with Gasteiger partial charge in [0.1, 0.15) is 6.61 Å². The zero-order valence-electron chi connectivity index (χ0n) is 19.3. The summed E-state index contributed by atoms with van der Waals surface area (Å²) in [5.74, 6) is -3.81. The van der Waals surface area contributed by atoms with Gasteiger partial charge < -0.3 is 25.2 Å². The van der Waals surface area contributed by atoms with Crippen molar-refractivity contribution >= 4 is 41.3 Å². The number of carboxylic acids is 1. The molecular weight excluding hydrogens is 472 g/mol. The van der Waals surface area contributed by atoms with Gasteiger partial charge in [0, 0.05) is 23.0 Å². The van der Waals surface area contributed by atoms with Crippen LogP contribution in [0.3, 0.4) is 0 Å². The van der Waals surface area contributed by atoms with E-state index in [0.717, 1.165) is 4.90 Å². The summed E-state index contributed by atoms with van der Waals surface area (Å²) in [5.41, 5.74) is 4.73. The number of ether oxygens (including phenoxy) is 2. The summed E-state index contributed by atoms with van der Waals surface area (Å²) < 4.78 is 10.2. The first-order valence-corrected chi connectivity index (χ1v) is 12.2. The van der Waals surface area contributed by atoms with E-state index in [4.69, 9.17) is 15.2 Å². The number of para-hydroxylation sites is 1. The van der Waals surface area contributed by atoms with E-state index < -0.39 is 41.8 Å². The molecule has 186 valence electrons. The van der Waals surface area contributed by atoms with Gasteiger partial charge in [-0.05, 0) is 31.0 Å². The maximum absolute atomic E-state index is 13.5. The number of hydrogen-bond acceptors (Lipinski definition) is 8. The maximum Gasteiger partial charge on any atom is 0.340 e. The average Bonchev–Trinajstić information content (AvgIpc) is 2.98. The van der Waals surface area contributed by atoms with Gasteiger partial charge in [-0.2, -0.15) is 0 Å². The van der Waals surface area contributed by atoms with Gasteiger partial charge in [0.2, 0.25) is 11.4 Å². The number of esters is 2. The SMILES string of the molecule is CCOC(=O)CCC1CSc2ccccc2N(CC(N)(C(=O)O)C(=O)OCc2ccccc2)C1=O. The molecule has 0 saturated carbocycles. The molecule has 1 heterocycles. The van der Waals surface area contributed by atoms with Crippen molar-refractivity contribution in [2.24, 2.45) is 11.7 Å². The zero-order chi connectivity index (χ0) is 25.4. The van der Waals surface area contributed by atoms with Crippen LogP contribution in [0.1, 0.15) is 25.3 Å². The van der Waals surface area contributed by atoms with Crippen LogP contribution in [0.25, 0.3) is 0 Å². The molecule has 2 aromatic carbocycles. The molecule has 2 aromatic rings. The summed E-state index contributed by atoms with van der Waals surface area (Å²) in [6.45, 7) is 1.16. The van der Waals surface area contributed by atoms with Crippen LogP contribution < -0.4 is 10.6 Å². The van der Waals surface area contributed by atoms with Gasteiger partial charge in [-0.15, -0.1) is 11.8 Å². The number of thioether (sulfide) groups is 1. The lowest BCUT2D eigenvalue weighted by Gasteiger charge is -2.32. The molecule has 1 aliphatic rings. The number of hydrogen-bond donors (Lipinski definition) is 2. The number of amides is 1. The Balaban J connectivity index is 1.85. The fourth-order valence-electron chi connectivity index (χ4n) is 3.62. The first-order valence-electron chi connectivity index (χ1n) is 11.2. The van der Waals surface area contributed by atoms with Crippen molar-refractivity contribution in [2.45, 2.75) is 36.8 Å². The predicted octanol–water partition coefficient (Wildman–Crippen LogP) is 2.61. The zero-order valence-corrected chi connectivity index (χ0v) is 20.2. The molecule has 0 aromatic heterocycles. The largest absolute Gasteiger partial charge is 0.479 e. The summed E-state index contributed by atoms with van der Waals surface area (Å²) in [6, 6.07) is 15.8. The summed E-state index contributed by atoms with van der Waals surface area (Å²) >= 11 is 1.42. The Kier molecular flexibility index (Phi) is 8.89. The normalized spacial score (nSPS) is 17.0. The van der Waals surface area contributed by atoms with Gasteiger partial charge in [0.25, 0.3) is 0 Å². The molecule has 2 atom stereocenters. The van der Waals surface area contributed by atoms with Crippen molar-refractivity contribution in [1.82, 2.24) is 0 Å². The Morgan fingerprint density at radius 2 is 1.80 bits per heavy atom. The number of carbonyl (C=O) groups is 4. The minimum atomic E-state index is -2.50. The van der Waals surface area contributed by atoms with Crippen molar-refractivity contribution < 1.29 is 33.8 Å². The van der Waals surface area contributed by atoms with Crippen LogP contribution in [-0.2, 0) is 35.3 Å². The van der Waals surface area contributed by atoms with Gasteiger partial charge in [-0.3, -0.25) is 9.59 Å². The average molecular weight is 501 g/mol. The molecule has 1 aliphatic heterocycles. The summed E-state index contributed by atoms with van der Waals surface area (Å²) in [7, 11) is 0. The molecule has 9 nitrogen and oxygen atoms in total. The van der Waals surface area contributed by atoms with E-state index in [1.807, 2.05) is 0 Å². The number of carbonyl (C=O) groups excluding carboxylic acids is 3. The number of carboxylic acid groups (broad SMARTS) is 1. The molecule has 3 rings (SSSR count). The van der Waals surface area contributed by atoms with E-state index in [-0.39, 0.29) is 26.1 Å². The first kappa shape index (κ1) is 26.2. The van der Waals surface area contributed by atoms with Crippen molar-refractivity contribution in [3.63, 3.8) is 0 Å². The Bertz CT molecular complexity index is 1080. The van der Waals surface area contributed by atoms with E-state index in [1.165, 1.54) is 16.7 Å². The summed E-state index contributed by atoms with van der Waals surface area (Å²) in [5, 5.41) is 9.91. The topological polar surface area (TPSA) is 136 Å². The van der Waals surface area contributed by atoms with Gasteiger partial charge in [0.15, 0.2) is 0 Å². The van der Waals surface area contributed by atoms with Crippen LogP contribution in [0, 0.1) is 5.92 Å². The first-order chi connectivity index (χ1) is 16.8. The Morgan fingerprint density at radius 1 is 1.11 bits per heavy atom. The highest BCUT2D eigenvalue weighted by molar-refractivity contribution is 7.99. The van der Waals surface area contributed by atoms with Gasteiger partial charge in [0.05, 0.1) is 18.8 Å². The quantitative estimate of drug-likeness (QED) is 0.373. The second-order valence-electron chi connectivity index (χ2n) is 8.08. The van der Waals surface area contributed by atoms with Gasteiger partial charge in [-0.1, -0.05) is 42.5 Å². The lowest BCUT2D eigenvalue weighted by atomic mass is 9.97. The van der Waals surface area contributed by atoms with E-state index in [0.29, 0.717) is 17.0 Å². The van der Waals surface area contributed by atoms with Crippen LogP contribution >= 0.6 is 11.8 Å². The van der Waals surface area contributed by atoms with Crippen molar-refractivity contribution in [3.05, 3.63) is 60.2 Å². The minimum absolute atomic E-state index is 0.0425. The van der Waals surface area contributed by atoms with Crippen LogP contribution in [0.2, 0.25) is 0 Å². The molecule has 0 spiro atoms. The number of anilines is 1. The molecule has 35 heavy (non-hydrogen) atoms. The number of nitrogens with zero attached hydrogens (tertiary/aromatic N) is 1. The fourth-order valence-corrected chi connectivity index (χ4v) is 4.81. The number of benzene rings is 2. The summed E-state index contributed by atoms with van der Waals surface area (Å²) in [4.78, 5) is 52.5. The molecule has 3 N–H and O–H groups in total. The van der Waals surface area contributed by atoms with E-state index in [2.05, 4.69) is 0 Å². The fraction of sp³-hybridized carbons (Fsp3) is 0.360. The Morgan fingerprint density at radius 3 is 2.49 bits per heavy atom. The standard InChI is InChI=1S/C25H28N2O7S/c1-2-33-21(28)13-12-18-15-35-20-11-7-6-10-19(20)27(22(18)29)16-25(26,23(30)31)24(32)34-14-17-8-4-3-5-9-17/h3-11,18H,2,12-16,26H2,1H3,(H,30,31). The number of nitrogens with two attached hydrogens (primary N) is 1. The molecule has 0 saturated heterocycles. The van der Waals surface area contributed by atoms with Gasteiger partial charge >= 0.3 is 17.9 Å². The Hall–Kier alpha value is -3.37. The Labute approximate surface area is 207 Å². The lowest BCUT2D eigenvalue weighted by Crippen LogP contribution is -2.63. The smallest absolute Gasteiger partial charge is 0.340 e. The lowest BCUT2D eigenvalue weighted by molar-refractivity contribution is -0.161. The van der Waals surface area contributed by atoms with Crippen LogP contribution in [0.15, 0.2) is 59.5 Å². The monoisotopic (exact) mass is 500 g/mol. The van der Waals surface area contributed by atoms with Crippen molar-refractivity contribution in [1.29, 1.82) is 0 Å². The third-order valence-electron chi connectivity index (χ3n) is 5.58. The molecule has 0 bridgehead atoms. The molecule has 2 unspecified atom stereocenters. The minimum Gasteiger partial charge on any atom is -0.479 e. The van der Waals surface area contributed by atoms with E-state index in [1.54, 1.807) is 61.5 Å². The highest BCUT2D eigenvalue weighted by Gasteiger charge is 2.48. The van der Waals surface area contributed by atoms with E-state index >= 15 is 0 Å². The molecule has 0 radical (unpaired) electrons. The number of rotatable bonds is 10. The van der Waals surface area contributed by atoms with Crippen molar-refractivity contribution in [3.8, 4) is 0 Å². The van der Waals surface area contributed by atoms with Gasteiger partial charge in [-0.25, -0.2) is 9.59 Å². The highest BCUT2D eigenvalue weighted by atomic mass is 32.2. The van der Waals surface area contributed by atoms with Crippen LogP contribution in [0.5, 0.6) is 0 Å². The molecule has 1 amide bonds. The molecule has 0 aliphatic carbocycles. The second kappa shape index (κ2) is 11.9. The second-order valence-corrected chi connectivity index (χ2v) is 9.14.